The number of amides is 3. The first-order valence-electron chi connectivity index (χ1n) is 11.6. The van der Waals surface area contributed by atoms with Gasteiger partial charge in [-0.15, -0.1) is 0 Å². The molecule has 2 aromatic carbocycles. The van der Waals surface area contributed by atoms with Crippen LogP contribution in [0.4, 0.5) is 4.79 Å². The van der Waals surface area contributed by atoms with Crippen LogP contribution in [-0.4, -0.2) is 76.6 Å². The number of aliphatic hydroxyl groups is 1. The van der Waals surface area contributed by atoms with Crippen molar-refractivity contribution in [3.05, 3.63) is 78.0 Å². The fourth-order valence-corrected chi connectivity index (χ4v) is 3.97. The SMILES string of the molecule is O=C(NC(CO)C(=O)N1CCCN(C(=O)OCc2ccccc2)CC1)c1cnc2ccccc2c1. The number of carbonyl (C=O) groups is 3. The second-order valence-electron chi connectivity index (χ2n) is 8.33. The molecule has 35 heavy (non-hydrogen) atoms. The average Bonchev–Trinajstić information content (AvgIpc) is 3.16. The van der Waals surface area contributed by atoms with Gasteiger partial charge in [0.1, 0.15) is 12.6 Å². The van der Waals surface area contributed by atoms with E-state index >= 15 is 0 Å². The van der Waals surface area contributed by atoms with E-state index in [9.17, 15) is 19.5 Å². The van der Waals surface area contributed by atoms with Gasteiger partial charge in [0.2, 0.25) is 5.91 Å². The fraction of sp³-hybridized carbons (Fsp3) is 0.308. The Bertz CT molecular complexity index is 1190. The molecule has 9 nitrogen and oxygen atoms in total. The molecule has 1 aliphatic heterocycles. The summed E-state index contributed by atoms with van der Waals surface area (Å²) in [6, 6.07) is 17.4. The monoisotopic (exact) mass is 476 g/mol. The Morgan fingerprint density at radius 3 is 2.49 bits per heavy atom. The van der Waals surface area contributed by atoms with Gasteiger partial charge in [-0.3, -0.25) is 14.6 Å². The van der Waals surface area contributed by atoms with Gasteiger partial charge in [-0.25, -0.2) is 4.79 Å². The zero-order valence-corrected chi connectivity index (χ0v) is 19.3. The zero-order chi connectivity index (χ0) is 24.6. The number of fused-ring (bicyclic) bond motifs is 1. The average molecular weight is 477 g/mol. The third-order valence-electron chi connectivity index (χ3n) is 5.91. The maximum Gasteiger partial charge on any atom is 0.410 e. The Hall–Kier alpha value is -3.98. The number of ether oxygens (including phenoxy) is 1. The van der Waals surface area contributed by atoms with Gasteiger partial charge < -0.3 is 25.0 Å². The van der Waals surface area contributed by atoms with Crippen LogP contribution in [0.1, 0.15) is 22.3 Å². The zero-order valence-electron chi connectivity index (χ0n) is 19.3. The summed E-state index contributed by atoms with van der Waals surface area (Å²) in [5.41, 5.74) is 1.96. The minimum absolute atomic E-state index is 0.182. The van der Waals surface area contributed by atoms with Crippen molar-refractivity contribution in [2.75, 3.05) is 32.8 Å². The Labute approximate surface area is 203 Å². The van der Waals surface area contributed by atoms with E-state index in [2.05, 4.69) is 10.3 Å². The molecular formula is C26H28N4O5. The summed E-state index contributed by atoms with van der Waals surface area (Å²) in [6.07, 6.45) is 1.58. The van der Waals surface area contributed by atoms with Crippen LogP contribution in [0.2, 0.25) is 0 Å². The van der Waals surface area contributed by atoms with Crippen molar-refractivity contribution in [2.24, 2.45) is 0 Å². The van der Waals surface area contributed by atoms with Crippen LogP contribution >= 0.6 is 0 Å². The summed E-state index contributed by atoms with van der Waals surface area (Å²) in [6.45, 7) is 1.09. The highest BCUT2D eigenvalue weighted by Gasteiger charge is 2.29. The first-order valence-corrected chi connectivity index (χ1v) is 11.6. The summed E-state index contributed by atoms with van der Waals surface area (Å²) in [7, 11) is 0. The maximum absolute atomic E-state index is 13.0. The molecule has 9 heteroatoms. The lowest BCUT2D eigenvalue weighted by Crippen LogP contribution is -2.51. The molecular weight excluding hydrogens is 448 g/mol. The lowest BCUT2D eigenvalue weighted by atomic mass is 10.1. The Balaban J connectivity index is 1.32. The molecule has 1 aliphatic rings. The second-order valence-corrected chi connectivity index (χ2v) is 8.33. The van der Waals surface area contributed by atoms with E-state index in [0.717, 1.165) is 16.5 Å². The number of rotatable bonds is 6. The van der Waals surface area contributed by atoms with Crippen molar-refractivity contribution in [1.29, 1.82) is 0 Å². The van der Waals surface area contributed by atoms with Crippen LogP contribution in [0.3, 0.4) is 0 Å². The highest BCUT2D eigenvalue weighted by atomic mass is 16.6. The predicted octanol–water partition coefficient (Wildman–Crippen LogP) is 2.20. The van der Waals surface area contributed by atoms with Crippen LogP contribution in [-0.2, 0) is 16.1 Å². The molecule has 2 N–H and O–H groups in total. The predicted molar refractivity (Wildman–Crippen MR) is 129 cm³/mol. The van der Waals surface area contributed by atoms with Crippen LogP contribution in [0, 0.1) is 0 Å². The number of benzene rings is 2. The quantitative estimate of drug-likeness (QED) is 0.564. The largest absolute Gasteiger partial charge is 0.445 e. The first-order chi connectivity index (χ1) is 17.0. The molecule has 0 radical (unpaired) electrons. The molecule has 1 fully saturated rings. The van der Waals surface area contributed by atoms with Crippen LogP contribution in [0.15, 0.2) is 66.9 Å². The standard InChI is InChI=1S/C26H28N4O5/c31-17-23(28-24(32)21-15-20-9-4-5-10-22(20)27-16-21)25(33)29-11-6-12-30(14-13-29)26(34)35-18-19-7-2-1-3-8-19/h1-5,7-10,15-16,23,31H,6,11-14,17-18H2,(H,28,32). The molecule has 4 rings (SSSR count). The number of para-hydroxylation sites is 1. The maximum atomic E-state index is 13.0. The van der Waals surface area contributed by atoms with Gasteiger partial charge in [-0.2, -0.15) is 0 Å². The van der Waals surface area contributed by atoms with Crippen LogP contribution in [0.5, 0.6) is 0 Å². The number of nitrogens with zero attached hydrogens (tertiary/aromatic N) is 3. The molecule has 2 heterocycles. The van der Waals surface area contributed by atoms with Gasteiger partial charge in [-0.05, 0) is 24.1 Å². The van der Waals surface area contributed by atoms with Gasteiger partial charge in [0.05, 0.1) is 17.7 Å². The van der Waals surface area contributed by atoms with Crippen molar-refractivity contribution < 1.29 is 24.2 Å². The van der Waals surface area contributed by atoms with E-state index < -0.39 is 30.6 Å². The van der Waals surface area contributed by atoms with Crippen molar-refractivity contribution in [3.8, 4) is 0 Å². The molecule has 3 aromatic rings. The number of hydrogen-bond donors (Lipinski definition) is 2. The minimum Gasteiger partial charge on any atom is -0.445 e. The molecule has 1 unspecified atom stereocenters. The van der Waals surface area contributed by atoms with E-state index in [1.54, 1.807) is 15.9 Å². The summed E-state index contributed by atoms with van der Waals surface area (Å²) in [4.78, 5) is 45.7. The van der Waals surface area contributed by atoms with Crippen molar-refractivity contribution in [3.63, 3.8) is 0 Å². The lowest BCUT2D eigenvalue weighted by Gasteiger charge is -2.26. The topological polar surface area (TPSA) is 112 Å². The van der Waals surface area contributed by atoms with E-state index in [1.807, 2.05) is 54.6 Å². The normalized spacial score (nSPS) is 14.8. The highest BCUT2D eigenvalue weighted by molar-refractivity contribution is 5.99. The first kappa shape index (κ1) is 24.2. The number of pyridine rings is 1. The molecule has 1 aromatic heterocycles. The number of nitrogens with one attached hydrogen (secondary N) is 1. The van der Waals surface area contributed by atoms with Gasteiger partial charge >= 0.3 is 6.09 Å². The van der Waals surface area contributed by atoms with Crippen LogP contribution in [0.25, 0.3) is 10.9 Å². The minimum atomic E-state index is -1.09. The number of hydrogen-bond acceptors (Lipinski definition) is 6. The molecule has 0 bridgehead atoms. The summed E-state index contributed by atoms with van der Waals surface area (Å²) in [5, 5.41) is 13.2. The van der Waals surface area contributed by atoms with Crippen molar-refractivity contribution in [2.45, 2.75) is 19.1 Å². The number of aromatic nitrogens is 1. The van der Waals surface area contributed by atoms with Crippen molar-refractivity contribution in [1.82, 2.24) is 20.1 Å². The summed E-state index contributed by atoms with van der Waals surface area (Å²) in [5.74, 6) is -0.884. The number of carbonyl (C=O) groups excluding carboxylic acids is 3. The molecule has 0 spiro atoms. The summed E-state index contributed by atoms with van der Waals surface area (Å²) < 4.78 is 5.40. The Morgan fingerprint density at radius 2 is 1.69 bits per heavy atom. The molecule has 1 atom stereocenters. The lowest BCUT2D eigenvalue weighted by molar-refractivity contribution is -0.134. The van der Waals surface area contributed by atoms with Crippen molar-refractivity contribution >= 4 is 28.8 Å². The number of aliphatic hydroxyl groups excluding tert-OH is 1. The molecule has 1 saturated heterocycles. The Morgan fingerprint density at radius 1 is 0.971 bits per heavy atom. The molecule has 0 aliphatic carbocycles. The Kier molecular flexibility index (Phi) is 7.89. The van der Waals surface area contributed by atoms with Gasteiger partial charge in [-0.1, -0.05) is 48.5 Å². The van der Waals surface area contributed by atoms with E-state index in [1.165, 1.54) is 6.20 Å². The molecule has 0 saturated carbocycles. The van der Waals surface area contributed by atoms with Gasteiger partial charge in [0.15, 0.2) is 0 Å². The summed E-state index contributed by atoms with van der Waals surface area (Å²) >= 11 is 0. The molecule has 182 valence electrons. The highest BCUT2D eigenvalue weighted by Crippen LogP contribution is 2.13. The van der Waals surface area contributed by atoms with E-state index in [0.29, 0.717) is 31.6 Å². The molecule has 3 amide bonds. The van der Waals surface area contributed by atoms with E-state index in [4.69, 9.17) is 4.74 Å². The smallest absolute Gasteiger partial charge is 0.410 e. The fourth-order valence-electron chi connectivity index (χ4n) is 3.97. The van der Waals surface area contributed by atoms with Gasteiger partial charge in [0, 0.05) is 37.8 Å². The van der Waals surface area contributed by atoms with Gasteiger partial charge in [0.25, 0.3) is 5.91 Å². The second kappa shape index (κ2) is 11.4. The third kappa shape index (κ3) is 6.13. The van der Waals surface area contributed by atoms with Crippen LogP contribution < -0.4 is 5.32 Å². The van der Waals surface area contributed by atoms with E-state index in [-0.39, 0.29) is 13.2 Å². The third-order valence-corrected chi connectivity index (χ3v) is 5.91.